The summed E-state index contributed by atoms with van der Waals surface area (Å²) < 4.78 is 33.9. The largest absolute Gasteiger partial charge is 0.489 e. The molecule has 39 heavy (non-hydrogen) atoms. The van der Waals surface area contributed by atoms with E-state index in [0.717, 1.165) is 27.9 Å². The maximum absolute atomic E-state index is 13.9. The average molecular weight is 540 g/mol. The van der Waals surface area contributed by atoms with Gasteiger partial charge in [0.15, 0.2) is 0 Å². The third-order valence-electron chi connectivity index (χ3n) is 6.82. The second-order valence-corrected chi connectivity index (χ2v) is 10.6. The van der Waals surface area contributed by atoms with Crippen LogP contribution in [0.25, 0.3) is 0 Å². The van der Waals surface area contributed by atoms with Crippen molar-refractivity contribution in [2.24, 2.45) is 5.92 Å². The number of benzene rings is 2. The molecule has 2 aromatic carbocycles. The van der Waals surface area contributed by atoms with Gasteiger partial charge in [-0.05, 0) is 61.6 Å². The van der Waals surface area contributed by atoms with Crippen LogP contribution in [0.15, 0.2) is 36.4 Å². The Morgan fingerprint density at radius 1 is 1.23 bits per heavy atom. The number of likely N-dealkylation sites (tertiary alicyclic amines) is 1. The molecule has 3 rings (SSSR count). The number of alkyl halides is 2. The highest BCUT2D eigenvalue weighted by atomic mass is 19.3. The van der Waals surface area contributed by atoms with Gasteiger partial charge >= 0.3 is 5.97 Å². The Morgan fingerprint density at radius 3 is 2.56 bits per heavy atom. The molecule has 8 heteroatoms. The second kappa shape index (κ2) is 13.6. The van der Waals surface area contributed by atoms with E-state index in [9.17, 15) is 13.6 Å². The van der Waals surface area contributed by atoms with Crippen LogP contribution in [0, 0.1) is 30.1 Å². The van der Waals surface area contributed by atoms with Gasteiger partial charge in [0.05, 0.1) is 24.6 Å². The third kappa shape index (κ3) is 8.79. The molecule has 0 amide bonds. The summed E-state index contributed by atoms with van der Waals surface area (Å²) in [6, 6.07) is 11.1. The predicted octanol–water partition coefficient (Wildman–Crippen LogP) is 6.32. The zero-order valence-corrected chi connectivity index (χ0v) is 23.2. The molecule has 2 aromatic rings. The van der Waals surface area contributed by atoms with Crippen molar-refractivity contribution in [3.05, 3.63) is 58.7 Å². The van der Waals surface area contributed by atoms with Gasteiger partial charge in [-0.25, -0.2) is 8.78 Å². The zero-order chi connectivity index (χ0) is 28.6. The second-order valence-electron chi connectivity index (χ2n) is 10.6. The smallest absolute Gasteiger partial charge is 0.304 e. The van der Waals surface area contributed by atoms with Gasteiger partial charge in [0.1, 0.15) is 12.4 Å². The Hall–Kier alpha value is -3.44. The minimum Gasteiger partial charge on any atom is -0.489 e. The standard InChI is InChI=1S/C31H39F2N3O3/c1-5-7-24(16-29(37)38)23-8-11-26(12-9-23)39-19-25-10-13-27(30(22(25)4)35-17-21(2)3)28(34)18-36-15-6-14-31(32,33)20-36/h8-13,21,24,34-35H,6,14-20H2,1-4H3,(H,37,38). The molecule has 1 unspecified atom stereocenters. The molecule has 1 fully saturated rings. The number of ether oxygens (including phenoxy) is 1. The van der Waals surface area contributed by atoms with Gasteiger partial charge in [0, 0.05) is 30.8 Å². The summed E-state index contributed by atoms with van der Waals surface area (Å²) in [5.41, 5.74) is 4.60. The molecule has 6 nitrogen and oxygen atoms in total. The maximum atomic E-state index is 13.9. The number of nitrogens with zero attached hydrogens (tertiary/aromatic N) is 1. The number of halogens is 2. The van der Waals surface area contributed by atoms with Crippen molar-refractivity contribution in [1.29, 1.82) is 5.41 Å². The Kier molecular flexibility index (Phi) is 10.5. The first-order valence-electron chi connectivity index (χ1n) is 13.4. The molecule has 0 spiro atoms. The number of nitrogens with one attached hydrogen (secondary N) is 2. The van der Waals surface area contributed by atoms with E-state index < -0.39 is 11.9 Å². The number of anilines is 1. The summed E-state index contributed by atoms with van der Waals surface area (Å²) in [4.78, 5) is 12.8. The number of carboxylic acid groups (broad SMARTS) is 1. The number of rotatable bonds is 12. The van der Waals surface area contributed by atoms with Gasteiger partial charge in [0.25, 0.3) is 5.92 Å². The molecule has 1 heterocycles. The number of hydrogen-bond donors (Lipinski definition) is 3. The monoisotopic (exact) mass is 539 g/mol. The molecule has 0 aliphatic carbocycles. The third-order valence-corrected chi connectivity index (χ3v) is 6.82. The molecule has 1 aliphatic rings. The van der Waals surface area contributed by atoms with Crippen molar-refractivity contribution in [1.82, 2.24) is 4.90 Å². The molecule has 210 valence electrons. The molecular formula is C31H39F2N3O3. The molecular weight excluding hydrogens is 500 g/mol. The quantitative estimate of drug-likeness (QED) is 0.217. The average Bonchev–Trinajstić information content (AvgIpc) is 2.86. The Labute approximate surface area is 230 Å². The summed E-state index contributed by atoms with van der Waals surface area (Å²) in [5.74, 6) is 2.80. The summed E-state index contributed by atoms with van der Waals surface area (Å²) in [6.45, 7) is 9.34. The van der Waals surface area contributed by atoms with E-state index in [4.69, 9.17) is 15.3 Å². The lowest BCUT2D eigenvalue weighted by molar-refractivity contribution is -0.137. The molecule has 0 saturated carbocycles. The van der Waals surface area contributed by atoms with Crippen molar-refractivity contribution < 1.29 is 23.4 Å². The molecule has 1 saturated heterocycles. The van der Waals surface area contributed by atoms with Crippen LogP contribution in [0.2, 0.25) is 0 Å². The fraction of sp³-hybridized carbons (Fsp3) is 0.484. The fourth-order valence-corrected chi connectivity index (χ4v) is 4.75. The molecule has 1 atom stereocenters. The van der Waals surface area contributed by atoms with Crippen LogP contribution in [0.1, 0.15) is 68.2 Å². The molecule has 1 aliphatic heterocycles. The van der Waals surface area contributed by atoms with Crippen molar-refractivity contribution in [2.45, 2.75) is 65.4 Å². The van der Waals surface area contributed by atoms with E-state index in [1.54, 1.807) is 11.8 Å². The topological polar surface area (TPSA) is 85.6 Å². The Morgan fingerprint density at radius 2 is 1.95 bits per heavy atom. The minimum atomic E-state index is -2.70. The lowest BCUT2D eigenvalue weighted by atomic mass is 9.96. The van der Waals surface area contributed by atoms with Crippen LogP contribution in [0.4, 0.5) is 14.5 Å². The van der Waals surface area contributed by atoms with Crippen LogP contribution in [0.3, 0.4) is 0 Å². The van der Waals surface area contributed by atoms with Gasteiger partial charge in [-0.1, -0.05) is 44.0 Å². The van der Waals surface area contributed by atoms with E-state index in [-0.39, 0.29) is 31.8 Å². The zero-order valence-electron chi connectivity index (χ0n) is 23.2. The Balaban J connectivity index is 1.75. The van der Waals surface area contributed by atoms with Gasteiger partial charge < -0.3 is 20.6 Å². The first-order valence-corrected chi connectivity index (χ1v) is 13.4. The number of piperidine rings is 1. The van der Waals surface area contributed by atoms with Crippen molar-refractivity contribution in [3.63, 3.8) is 0 Å². The highest BCUT2D eigenvalue weighted by Gasteiger charge is 2.35. The van der Waals surface area contributed by atoms with Crippen molar-refractivity contribution in [2.75, 3.05) is 31.5 Å². The fourth-order valence-electron chi connectivity index (χ4n) is 4.75. The lowest BCUT2D eigenvalue weighted by Gasteiger charge is -2.32. The van der Waals surface area contributed by atoms with Crippen molar-refractivity contribution >= 4 is 17.4 Å². The normalized spacial score (nSPS) is 15.8. The molecule has 0 aromatic heterocycles. The van der Waals surface area contributed by atoms with E-state index in [0.29, 0.717) is 43.5 Å². The van der Waals surface area contributed by atoms with E-state index in [2.05, 4.69) is 31.0 Å². The van der Waals surface area contributed by atoms with Crippen LogP contribution in [0.5, 0.6) is 5.75 Å². The first kappa shape index (κ1) is 30.1. The van der Waals surface area contributed by atoms with Crippen LogP contribution >= 0.6 is 0 Å². The SMILES string of the molecule is CC#CC(CC(=O)O)c1ccc(OCc2ccc(C(=N)CN3CCCC(F)(F)C3)c(NCC(C)C)c2C)cc1. The highest BCUT2D eigenvalue weighted by molar-refractivity contribution is 6.05. The van der Waals surface area contributed by atoms with Crippen LogP contribution in [-0.2, 0) is 11.4 Å². The van der Waals surface area contributed by atoms with Gasteiger partial charge in [-0.3, -0.25) is 9.69 Å². The summed E-state index contributed by atoms with van der Waals surface area (Å²) in [6.07, 6.45) is 0.277. The predicted molar refractivity (Wildman–Crippen MR) is 151 cm³/mol. The summed E-state index contributed by atoms with van der Waals surface area (Å²) >= 11 is 0. The minimum absolute atomic E-state index is 0.0616. The maximum Gasteiger partial charge on any atom is 0.304 e. The van der Waals surface area contributed by atoms with E-state index in [1.165, 1.54) is 0 Å². The highest BCUT2D eigenvalue weighted by Crippen LogP contribution is 2.30. The molecule has 0 bridgehead atoms. The van der Waals surface area contributed by atoms with Crippen molar-refractivity contribution in [3.8, 4) is 17.6 Å². The number of carbonyl (C=O) groups is 1. The molecule has 3 N–H and O–H groups in total. The van der Waals surface area contributed by atoms with Crippen LogP contribution < -0.4 is 10.1 Å². The number of carboxylic acids is 1. The van der Waals surface area contributed by atoms with Crippen LogP contribution in [-0.4, -0.2) is 53.8 Å². The van der Waals surface area contributed by atoms with Gasteiger partial charge in [0.2, 0.25) is 0 Å². The van der Waals surface area contributed by atoms with Gasteiger partial charge in [-0.2, -0.15) is 0 Å². The number of aliphatic carboxylic acids is 1. The summed E-state index contributed by atoms with van der Waals surface area (Å²) in [7, 11) is 0. The van der Waals surface area contributed by atoms with Gasteiger partial charge in [-0.15, -0.1) is 5.92 Å². The van der Waals surface area contributed by atoms with E-state index in [1.807, 2.05) is 43.3 Å². The first-order chi connectivity index (χ1) is 18.5. The van der Waals surface area contributed by atoms with E-state index >= 15 is 0 Å². The summed E-state index contributed by atoms with van der Waals surface area (Å²) in [5, 5.41) is 21.4. The Bertz CT molecular complexity index is 1220. The lowest BCUT2D eigenvalue weighted by Crippen LogP contribution is -2.44. The number of hydrogen-bond acceptors (Lipinski definition) is 5. The molecule has 0 radical (unpaired) electrons.